The molecule has 7 aromatic carbocycles. The van der Waals surface area contributed by atoms with Crippen molar-refractivity contribution in [1.82, 2.24) is 24.5 Å². The van der Waals surface area contributed by atoms with Gasteiger partial charge in [-0.3, -0.25) is 4.98 Å². The van der Waals surface area contributed by atoms with Crippen molar-refractivity contribution in [2.45, 2.75) is 0 Å². The molecule has 0 aliphatic rings. The minimum absolute atomic E-state index is 0.504. The molecular formula is C58H41N5. The van der Waals surface area contributed by atoms with Crippen LogP contribution < -0.4 is 0 Å². The van der Waals surface area contributed by atoms with Crippen LogP contribution in [-0.2, 0) is 0 Å². The molecule has 3 aromatic heterocycles. The van der Waals surface area contributed by atoms with Crippen molar-refractivity contribution in [3.05, 3.63) is 244 Å². The van der Waals surface area contributed by atoms with Crippen molar-refractivity contribution in [1.29, 1.82) is 0 Å². The highest BCUT2D eigenvalue weighted by Gasteiger charge is 2.19. The van der Waals surface area contributed by atoms with Crippen LogP contribution in [0, 0.1) is 0 Å². The lowest BCUT2D eigenvalue weighted by Crippen LogP contribution is -2.02. The van der Waals surface area contributed by atoms with Crippen molar-refractivity contribution in [2.24, 2.45) is 0 Å². The first-order valence-corrected chi connectivity index (χ1v) is 20.9. The zero-order valence-corrected chi connectivity index (χ0v) is 34.6. The molecule has 0 unspecified atom stereocenters. The molecule has 0 aliphatic heterocycles. The smallest absolute Gasteiger partial charge is 0.164 e. The summed E-state index contributed by atoms with van der Waals surface area (Å²) in [4.78, 5) is 19.0. The summed E-state index contributed by atoms with van der Waals surface area (Å²) in [5, 5.41) is 7.21. The van der Waals surface area contributed by atoms with Crippen LogP contribution in [0.5, 0.6) is 0 Å². The monoisotopic (exact) mass is 807 g/mol. The first-order chi connectivity index (χ1) is 31.1. The molecule has 3 heterocycles. The maximum absolute atomic E-state index is 4.95. The van der Waals surface area contributed by atoms with E-state index in [0.29, 0.717) is 17.5 Å². The van der Waals surface area contributed by atoms with Crippen molar-refractivity contribution in [3.8, 4) is 39.3 Å². The lowest BCUT2D eigenvalue weighted by atomic mass is 9.85. The van der Waals surface area contributed by atoms with Crippen LogP contribution in [-0.4, -0.2) is 24.5 Å². The van der Waals surface area contributed by atoms with Gasteiger partial charge in [0.1, 0.15) is 0 Å². The Bertz CT molecular complexity index is 3420. The first kappa shape index (κ1) is 38.6. The van der Waals surface area contributed by atoms with E-state index in [1.54, 1.807) is 24.4 Å². The molecule has 0 saturated heterocycles. The number of aromatic nitrogens is 5. The lowest BCUT2D eigenvalue weighted by molar-refractivity contribution is 1.01. The summed E-state index contributed by atoms with van der Waals surface area (Å²) in [6.07, 6.45) is 16.4. The summed E-state index contributed by atoms with van der Waals surface area (Å²) in [6, 6.07) is 56.3. The molecule has 298 valence electrons. The fraction of sp³-hybridized carbons (Fsp3) is 0. The highest BCUT2D eigenvalue weighted by atomic mass is 15.0. The largest absolute Gasteiger partial charge is 0.309 e. The molecule has 0 fully saturated rings. The quantitative estimate of drug-likeness (QED) is 0.0965. The fourth-order valence-corrected chi connectivity index (χ4v) is 8.68. The Balaban J connectivity index is 1.09. The van der Waals surface area contributed by atoms with E-state index >= 15 is 0 Å². The van der Waals surface area contributed by atoms with Crippen LogP contribution >= 0.6 is 0 Å². The molecule has 0 bridgehead atoms. The number of rotatable bonds is 11. The molecule has 5 heteroatoms. The maximum Gasteiger partial charge on any atom is 0.164 e. The Labute approximate surface area is 366 Å². The van der Waals surface area contributed by atoms with E-state index in [4.69, 9.17) is 15.0 Å². The van der Waals surface area contributed by atoms with Crippen molar-refractivity contribution in [2.75, 3.05) is 0 Å². The van der Waals surface area contributed by atoms with E-state index < -0.39 is 0 Å². The van der Waals surface area contributed by atoms with E-state index in [9.17, 15) is 0 Å². The second-order valence-electron chi connectivity index (χ2n) is 15.2. The summed E-state index contributed by atoms with van der Waals surface area (Å²) in [5.74, 6) is 1.56. The molecule has 0 N–H and O–H groups in total. The average Bonchev–Trinajstić information content (AvgIpc) is 3.68. The fourth-order valence-electron chi connectivity index (χ4n) is 8.68. The number of hydrogen-bond donors (Lipinski definition) is 0. The number of fused-ring (bicyclic) bond motifs is 5. The second-order valence-corrected chi connectivity index (χ2v) is 15.2. The van der Waals surface area contributed by atoms with Gasteiger partial charge >= 0.3 is 0 Å². The third-order valence-electron chi connectivity index (χ3n) is 11.5. The van der Waals surface area contributed by atoms with Gasteiger partial charge in [-0.15, -0.1) is 0 Å². The number of nitrogens with zero attached hydrogens (tertiary/aromatic N) is 5. The molecule has 0 amide bonds. The van der Waals surface area contributed by atoms with E-state index in [1.807, 2.05) is 42.6 Å². The minimum Gasteiger partial charge on any atom is -0.309 e. The van der Waals surface area contributed by atoms with Gasteiger partial charge in [-0.05, 0) is 97.4 Å². The van der Waals surface area contributed by atoms with Gasteiger partial charge in [0.25, 0.3) is 0 Å². The molecule has 0 saturated carbocycles. The molecule has 10 rings (SSSR count). The molecule has 10 aromatic rings. The van der Waals surface area contributed by atoms with Crippen LogP contribution in [0.2, 0.25) is 0 Å². The summed E-state index contributed by atoms with van der Waals surface area (Å²) in [6.45, 7) is 11.8. The second kappa shape index (κ2) is 16.8. The molecule has 0 spiro atoms. The van der Waals surface area contributed by atoms with E-state index in [1.165, 1.54) is 60.0 Å². The average molecular weight is 808 g/mol. The van der Waals surface area contributed by atoms with E-state index in [2.05, 4.69) is 175 Å². The normalized spacial score (nSPS) is 12.1. The zero-order valence-electron chi connectivity index (χ0n) is 34.6. The van der Waals surface area contributed by atoms with Crippen molar-refractivity contribution < 1.29 is 0 Å². The molecule has 63 heavy (non-hydrogen) atoms. The van der Waals surface area contributed by atoms with Gasteiger partial charge in [-0.25, -0.2) is 15.0 Å². The molecule has 0 atom stereocenters. The van der Waals surface area contributed by atoms with E-state index in [-0.39, 0.29) is 0 Å². The standard InChI is InChI=1S/C58H41N5/c1-4-17-39(6-3)57-60-54(35-33-40(18-5-2)44-19-16-36-59-38-44)61-58(62-57)42-30-28-41(29-31-42)55-47-23-10-12-25-49(47)56(50-26-13-11-24-48(50)55)43-32-34-53-51(37-43)46-22-14-15-27-52(46)63(53)45-20-8-7-9-21-45/h4-38H,1-3H2/b35-33+,39-17+,40-18+. The number of para-hydroxylation sites is 2. The van der Waals surface area contributed by atoms with Crippen LogP contribution in [0.3, 0.4) is 0 Å². The number of allylic oxidation sites excluding steroid dienone is 8. The summed E-state index contributed by atoms with van der Waals surface area (Å²) < 4.78 is 2.37. The van der Waals surface area contributed by atoms with Gasteiger partial charge in [0, 0.05) is 40.0 Å². The SMILES string of the molecule is C=C/C=C(\C=C\c1nc(/C(C=C)=C/C=C)nc(-c2ccc(-c3c4ccccc4c(-c4ccc5c(c4)c4ccccc4n5-c4ccccc4)c4ccccc34)cc2)n1)c1cccnc1. The van der Waals surface area contributed by atoms with E-state index in [0.717, 1.165) is 33.5 Å². The van der Waals surface area contributed by atoms with Gasteiger partial charge in [0.15, 0.2) is 17.5 Å². The van der Waals surface area contributed by atoms with Crippen molar-refractivity contribution in [3.63, 3.8) is 0 Å². The highest BCUT2D eigenvalue weighted by Crippen LogP contribution is 2.45. The Morgan fingerprint density at radius 3 is 1.73 bits per heavy atom. The lowest BCUT2D eigenvalue weighted by Gasteiger charge is -2.18. The zero-order chi connectivity index (χ0) is 42.7. The van der Waals surface area contributed by atoms with Gasteiger partial charge in [-0.2, -0.15) is 0 Å². The van der Waals surface area contributed by atoms with Gasteiger partial charge in [0.2, 0.25) is 0 Å². The molecule has 5 nitrogen and oxygen atoms in total. The van der Waals surface area contributed by atoms with Crippen LogP contribution in [0.1, 0.15) is 17.2 Å². The number of pyridine rings is 1. The molecule has 0 radical (unpaired) electrons. The third-order valence-corrected chi connectivity index (χ3v) is 11.5. The third kappa shape index (κ3) is 7.18. The Morgan fingerprint density at radius 1 is 0.492 bits per heavy atom. The number of hydrogen-bond acceptors (Lipinski definition) is 4. The Morgan fingerprint density at radius 2 is 1.08 bits per heavy atom. The topological polar surface area (TPSA) is 56.5 Å². The number of benzene rings is 7. The molecule has 0 aliphatic carbocycles. The predicted molar refractivity (Wildman–Crippen MR) is 265 cm³/mol. The van der Waals surface area contributed by atoms with Gasteiger partial charge in [0.05, 0.1) is 11.0 Å². The predicted octanol–water partition coefficient (Wildman–Crippen LogP) is 14.7. The van der Waals surface area contributed by atoms with Crippen LogP contribution in [0.25, 0.3) is 99.9 Å². The maximum atomic E-state index is 4.95. The highest BCUT2D eigenvalue weighted by molar-refractivity contribution is 6.22. The van der Waals surface area contributed by atoms with Crippen molar-refractivity contribution >= 4 is 60.6 Å². The summed E-state index contributed by atoms with van der Waals surface area (Å²) in [7, 11) is 0. The molecular weight excluding hydrogens is 767 g/mol. The van der Waals surface area contributed by atoms with Gasteiger partial charge < -0.3 is 4.57 Å². The van der Waals surface area contributed by atoms with Gasteiger partial charge in [-0.1, -0.05) is 178 Å². The first-order valence-electron chi connectivity index (χ1n) is 20.9. The Kier molecular flexibility index (Phi) is 10.3. The summed E-state index contributed by atoms with van der Waals surface area (Å²) >= 11 is 0. The van der Waals surface area contributed by atoms with Crippen LogP contribution in [0.15, 0.2) is 226 Å². The minimum atomic E-state index is 0.504. The van der Waals surface area contributed by atoms with Crippen LogP contribution in [0.4, 0.5) is 0 Å². The summed E-state index contributed by atoms with van der Waals surface area (Å²) in [5.41, 5.74) is 11.7. The Hall–Kier alpha value is -8.54.